The van der Waals surface area contributed by atoms with Crippen LogP contribution < -0.4 is 5.32 Å². The third kappa shape index (κ3) is 5.89. The predicted octanol–water partition coefficient (Wildman–Crippen LogP) is 3.27. The molecule has 0 radical (unpaired) electrons. The number of thioether (sulfide) groups is 1. The average molecular weight is 253 g/mol. The molecule has 0 aliphatic carbocycles. The van der Waals surface area contributed by atoms with Crippen LogP contribution in [0.25, 0.3) is 0 Å². The highest BCUT2D eigenvalue weighted by molar-refractivity contribution is 7.99. The lowest BCUT2D eigenvalue weighted by molar-refractivity contribution is 0.542. The number of halogens is 1. The fraction of sp³-hybridized carbons (Fsp3) is 0.429. The molecule has 0 aliphatic rings. The van der Waals surface area contributed by atoms with Gasteiger partial charge < -0.3 is 5.32 Å². The largest absolute Gasteiger partial charge is 0.313 e. The Kier molecular flexibility index (Phi) is 6.97. The summed E-state index contributed by atoms with van der Waals surface area (Å²) in [4.78, 5) is 0. The van der Waals surface area contributed by atoms with Gasteiger partial charge in [-0.1, -0.05) is 24.3 Å². The van der Waals surface area contributed by atoms with E-state index in [-0.39, 0.29) is 5.82 Å². The van der Waals surface area contributed by atoms with E-state index >= 15 is 0 Å². The molecule has 17 heavy (non-hydrogen) atoms. The Morgan fingerprint density at radius 3 is 2.94 bits per heavy atom. The first-order chi connectivity index (χ1) is 8.24. The Labute approximate surface area is 107 Å². The first-order valence-corrected chi connectivity index (χ1v) is 7.05. The number of hydrogen-bond donors (Lipinski definition) is 1. The van der Waals surface area contributed by atoms with Gasteiger partial charge in [-0.2, -0.15) is 11.8 Å². The van der Waals surface area contributed by atoms with E-state index < -0.39 is 0 Å². The molecule has 1 N–H and O–H groups in total. The summed E-state index contributed by atoms with van der Waals surface area (Å²) in [5.74, 6) is 1.94. The van der Waals surface area contributed by atoms with Crippen LogP contribution in [-0.2, 0) is 6.42 Å². The van der Waals surface area contributed by atoms with Crippen molar-refractivity contribution in [3.63, 3.8) is 0 Å². The molecule has 0 saturated carbocycles. The van der Waals surface area contributed by atoms with Gasteiger partial charge in [0.1, 0.15) is 5.82 Å². The molecule has 0 amide bonds. The van der Waals surface area contributed by atoms with E-state index in [2.05, 4.69) is 18.8 Å². The number of nitrogens with one attached hydrogen (secondary N) is 1. The van der Waals surface area contributed by atoms with Gasteiger partial charge in [-0.25, -0.2) is 4.39 Å². The summed E-state index contributed by atoms with van der Waals surface area (Å²) < 4.78 is 13.4. The SMILES string of the molecule is C=CCSCCNC(C)Cc1ccccc1F. The maximum atomic E-state index is 13.4. The highest BCUT2D eigenvalue weighted by Crippen LogP contribution is 2.09. The summed E-state index contributed by atoms with van der Waals surface area (Å²) in [6.45, 7) is 6.72. The zero-order valence-electron chi connectivity index (χ0n) is 10.3. The van der Waals surface area contributed by atoms with Crippen molar-refractivity contribution in [2.75, 3.05) is 18.1 Å². The van der Waals surface area contributed by atoms with Crippen LogP contribution in [0.15, 0.2) is 36.9 Å². The van der Waals surface area contributed by atoms with Crippen molar-refractivity contribution >= 4 is 11.8 Å². The van der Waals surface area contributed by atoms with Crippen LogP contribution in [0.4, 0.5) is 4.39 Å². The van der Waals surface area contributed by atoms with Gasteiger partial charge in [0, 0.05) is 24.1 Å². The van der Waals surface area contributed by atoms with Crippen LogP contribution in [0.5, 0.6) is 0 Å². The molecule has 0 aliphatic heterocycles. The van der Waals surface area contributed by atoms with Crippen LogP contribution >= 0.6 is 11.8 Å². The van der Waals surface area contributed by atoms with Crippen LogP contribution in [0.2, 0.25) is 0 Å². The Balaban J connectivity index is 2.23. The number of benzene rings is 1. The molecule has 1 rings (SSSR count). The molecule has 0 aromatic heterocycles. The smallest absolute Gasteiger partial charge is 0.126 e. The minimum absolute atomic E-state index is 0.109. The van der Waals surface area contributed by atoms with Gasteiger partial charge in [-0.3, -0.25) is 0 Å². The normalized spacial score (nSPS) is 12.4. The van der Waals surface area contributed by atoms with Gasteiger partial charge >= 0.3 is 0 Å². The summed E-state index contributed by atoms with van der Waals surface area (Å²) in [5.41, 5.74) is 0.784. The minimum Gasteiger partial charge on any atom is -0.313 e. The second-order valence-electron chi connectivity index (χ2n) is 4.01. The van der Waals surface area contributed by atoms with Crippen molar-refractivity contribution in [3.8, 4) is 0 Å². The van der Waals surface area contributed by atoms with E-state index in [1.54, 1.807) is 6.07 Å². The van der Waals surface area contributed by atoms with Crippen molar-refractivity contribution in [1.82, 2.24) is 5.32 Å². The van der Waals surface area contributed by atoms with Gasteiger partial charge in [-0.15, -0.1) is 6.58 Å². The second-order valence-corrected chi connectivity index (χ2v) is 5.16. The average Bonchev–Trinajstić information content (AvgIpc) is 2.32. The van der Waals surface area contributed by atoms with E-state index in [1.165, 1.54) is 6.07 Å². The standard InChI is InChI=1S/C14H20FNS/c1-3-9-17-10-8-16-12(2)11-13-6-4-5-7-14(13)15/h3-7,12,16H,1,8-11H2,2H3. The van der Waals surface area contributed by atoms with E-state index in [1.807, 2.05) is 30.0 Å². The fourth-order valence-corrected chi connectivity index (χ4v) is 2.21. The molecule has 1 atom stereocenters. The maximum Gasteiger partial charge on any atom is 0.126 e. The summed E-state index contributed by atoms with van der Waals surface area (Å²) in [6, 6.07) is 7.27. The number of rotatable bonds is 8. The summed E-state index contributed by atoms with van der Waals surface area (Å²) >= 11 is 1.85. The number of hydrogen-bond acceptors (Lipinski definition) is 2. The maximum absolute atomic E-state index is 13.4. The lowest BCUT2D eigenvalue weighted by atomic mass is 10.1. The van der Waals surface area contributed by atoms with E-state index in [9.17, 15) is 4.39 Å². The van der Waals surface area contributed by atoms with Gasteiger partial charge in [0.05, 0.1) is 0 Å². The zero-order valence-corrected chi connectivity index (χ0v) is 11.1. The monoisotopic (exact) mass is 253 g/mol. The molecule has 0 bridgehead atoms. The van der Waals surface area contributed by atoms with Gasteiger partial charge in [0.2, 0.25) is 0 Å². The van der Waals surface area contributed by atoms with Crippen molar-refractivity contribution in [2.45, 2.75) is 19.4 Å². The molecule has 1 aromatic carbocycles. The third-order valence-electron chi connectivity index (χ3n) is 2.46. The predicted molar refractivity (Wildman–Crippen MR) is 75.1 cm³/mol. The molecule has 1 unspecified atom stereocenters. The Morgan fingerprint density at radius 1 is 1.47 bits per heavy atom. The lowest BCUT2D eigenvalue weighted by Crippen LogP contribution is -2.30. The Morgan fingerprint density at radius 2 is 2.24 bits per heavy atom. The van der Waals surface area contributed by atoms with Crippen molar-refractivity contribution in [3.05, 3.63) is 48.3 Å². The van der Waals surface area contributed by atoms with Gasteiger partial charge in [0.25, 0.3) is 0 Å². The molecule has 1 aromatic rings. The first kappa shape index (κ1) is 14.3. The molecular formula is C14H20FNS. The lowest BCUT2D eigenvalue weighted by Gasteiger charge is -2.14. The van der Waals surface area contributed by atoms with Crippen LogP contribution in [-0.4, -0.2) is 24.1 Å². The van der Waals surface area contributed by atoms with E-state index in [0.717, 1.165) is 30.0 Å². The fourth-order valence-electron chi connectivity index (χ4n) is 1.61. The van der Waals surface area contributed by atoms with Gasteiger partial charge in [0.15, 0.2) is 0 Å². The quantitative estimate of drug-likeness (QED) is 0.564. The van der Waals surface area contributed by atoms with E-state index in [4.69, 9.17) is 0 Å². The highest BCUT2D eigenvalue weighted by atomic mass is 32.2. The first-order valence-electron chi connectivity index (χ1n) is 5.89. The molecule has 0 heterocycles. The summed E-state index contributed by atoms with van der Waals surface area (Å²) in [7, 11) is 0. The molecule has 0 saturated heterocycles. The van der Waals surface area contributed by atoms with Crippen molar-refractivity contribution in [2.24, 2.45) is 0 Å². The molecule has 0 fully saturated rings. The zero-order chi connectivity index (χ0) is 12.5. The second kappa shape index (κ2) is 8.31. The minimum atomic E-state index is -0.109. The third-order valence-corrected chi connectivity index (χ3v) is 3.42. The summed E-state index contributed by atoms with van der Waals surface area (Å²) in [6.07, 6.45) is 2.65. The van der Waals surface area contributed by atoms with Crippen molar-refractivity contribution in [1.29, 1.82) is 0 Å². The Hall–Kier alpha value is -0.800. The summed E-state index contributed by atoms with van der Waals surface area (Å²) in [5, 5.41) is 3.40. The van der Waals surface area contributed by atoms with Crippen LogP contribution in [0, 0.1) is 5.82 Å². The molecular weight excluding hydrogens is 233 g/mol. The van der Waals surface area contributed by atoms with E-state index in [0.29, 0.717) is 6.04 Å². The molecule has 0 spiro atoms. The highest BCUT2D eigenvalue weighted by Gasteiger charge is 2.06. The van der Waals surface area contributed by atoms with Crippen LogP contribution in [0.1, 0.15) is 12.5 Å². The van der Waals surface area contributed by atoms with Crippen LogP contribution in [0.3, 0.4) is 0 Å². The van der Waals surface area contributed by atoms with Crippen molar-refractivity contribution < 1.29 is 4.39 Å². The molecule has 94 valence electrons. The topological polar surface area (TPSA) is 12.0 Å². The van der Waals surface area contributed by atoms with Gasteiger partial charge in [-0.05, 0) is 25.0 Å². The Bertz CT molecular complexity index is 341. The molecule has 3 heteroatoms. The molecule has 1 nitrogen and oxygen atoms in total.